The van der Waals surface area contributed by atoms with Crippen molar-refractivity contribution in [3.05, 3.63) is 59.7 Å². The smallest absolute Gasteiger partial charge is 0.241 e. The molecule has 0 saturated heterocycles. The third-order valence-corrected chi connectivity index (χ3v) is 4.93. The fourth-order valence-corrected chi connectivity index (χ4v) is 3.46. The van der Waals surface area contributed by atoms with E-state index >= 15 is 0 Å². The normalized spacial score (nSPS) is 16.5. The van der Waals surface area contributed by atoms with Crippen LogP contribution in [0.3, 0.4) is 0 Å². The van der Waals surface area contributed by atoms with Crippen LogP contribution in [0.2, 0.25) is 0 Å². The Morgan fingerprint density at radius 2 is 2.00 bits per heavy atom. The Hall–Kier alpha value is -2.60. The van der Waals surface area contributed by atoms with E-state index in [0.717, 1.165) is 21.7 Å². The van der Waals surface area contributed by atoms with Crippen molar-refractivity contribution in [1.29, 1.82) is 0 Å². The predicted octanol–water partition coefficient (Wildman–Crippen LogP) is 2.95. The van der Waals surface area contributed by atoms with Gasteiger partial charge in [0.2, 0.25) is 11.8 Å². The molecule has 1 heterocycles. The van der Waals surface area contributed by atoms with Crippen LogP contribution in [0, 0.1) is 6.92 Å². The second kappa shape index (κ2) is 7.31. The number of fused-ring (bicyclic) bond motifs is 1. The van der Waals surface area contributed by atoms with E-state index in [0.29, 0.717) is 0 Å². The van der Waals surface area contributed by atoms with Gasteiger partial charge in [-0.25, -0.2) is 5.43 Å². The molecule has 0 saturated carbocycles. The summed E-state index contributed by atoms with van der Waals surface area (Å²) < 4.78 is 0. The highest BCUT2D eigenvalue weighted by Gasteiger charge is 2.28. The molecule has 1 aliphatic heterocycles. The number of carbonyl (C=O) groups is 2. The van der Waals surface area contributed by atoms with Gasteiger partial charge in [-0.2, -0.15) is 5.10 Å². The van der Waals surface area contributed by atoms with Crippen molar-refractivity contribution in [2.75, 3.05) is 5.32 Å². The van der Waals surface area contributed by atoms with Crippen LogP contribution in [-0.2, 0) is 9.59 Å². The molecule has 6 heteroatoms. The van der Waals surface area contributed by atoms with E-state index in [-0.39, 0.29) is 18.2 Å². The molecule has 0 radical (unpaired) electrons. The molecular weight excluding hydrogens is 322 g/mol. The Bertz CT molecular complexity index is 804. The highest BCUT2D eigenvalue weighted by Crippen LogP contribution is 2.36. The number of amides is 2. The first kappa shape index (κ1) is 16.3. The SMILES string of the molecule is Cc1ccccc1/C=N/NC(=O)CC1Sc2ccccc2NC1=O. The van der Waals surface area contributed by atoms with Crippen LogP contribution in [0.25, 0.3) is 0 Å². The standard InChI is InChI=1S/C18H17N3O2S/c1-12-6-2-3-7-13(12)11-19-21-17(22)10-16-18(23)20-14-8-4-5-9-15(14)24-16/h2-9,11,16H,10H2,1H3,(H,20,23)(H,21,22)/b19-11+. The first-order chi connectivity index (χ1) is 11.6. The van der Waals surface area contributed by atoms with E-state index in [9.17, 15) is 9.59 Å². The summed E-state index contributed by atoms with van der Waals surface area (Å²) in [6.07, 6.45) is 1.69. The van der Waals surface area contributed by atoms with Gasteiger partial charge in [-0.1, -0.05) is 36.4 Å². The van der Waals surface area contributed by atoms with Crippen molar-refractivity contribution in [3.8, 4) is 0 Å². The van der Waals surface area contributed by atoms with Crippen molar-refractivity contribution in [2.45, 2.75) is 23.5 Å². The number of hydrazone groups is 1. The molecule has 1 aliphatic rings. The van der Waals surface area contributed by atoms with Crippen LogP contribution >= 0.6 is 11.8 Å². The summed E-state index contributed by atoms with van der Waals surface area (Å²) in [4.78, 5) is 25.1. The zero-order valence-corrected chi connectivity index (χ0v) is 14.0. The minimum atomic E-state index is -0.450. The van der Waals surface area contributed by atoms with Crippen LogP contribution in [0.4, 0.5) is 5.69 Å². The maximum atomic E-state index is 12.1. The number of carbonyl (C=O) groups excluding carboxylic acids is 2. The van der Waals surface area contributed by atoms with E-state index in [1.807, 2.05) is 55.5 Å². The Labute approximate surface area is 144 Å². The summed E-state index contributed by atoms with van der Waals surface area (Å²) in [7, 11) is 0. The molecule has 3 rings (SSSR count). The van der Waals surface area contributed by atoms with Crippen LogP contribution in [0.15, 0.2) is 58.5 Å². The fourth-order valence-electron chi connectivity index (χ4n) is 2.35. The zero-order valence-electron chi connectivity index (χ0n) is 13.2. The lowest BCUT2D eigenvalue weighted by atomic mass is 10.1. The minimum Gasteiger partial charge on any atom is -0.324 e. The predicted molar refractivity (Wildman–Crippen MR) is 96.2 cm³/mol. The number of benzene rings is 2. The first-order valence-electron chi connectivity index (χ1n) is 7.57. The van der Waals surface area contributed by atoms with E-state index in [4.69, 9.17) is 0 Å². The molecule has 2 aromatic carbocycles. The molecule has 0 spiro atoms. The van der Waals surface area contributed by atoms with E-state index < -0.39 is 5.25 Å². The third-order valence-electron chi connectivity index (χ3n) is 3.66. The largest absolute Gasteiger partial charge is 0.324 e. The second-order valence-electron chi connectivity index (χ2n) is 5.45. The molecule has 5 nitrogen and oxygen atoms in total. The zero-order chi connectivity index (χ0) is 16.9. The summed E-state index contributed by atoms with van der Waals surface area (Å²) in [6, 6.07) is 15.3. The number of aryl methyl sites for hydroxylation is 1. The summed E-state index contributed by atoms with van der Waals surface area (Å²) >= 11 is 1.40. The molecular formula is C18H17N3O2S. The molecule has 24 heavy (non-hydrogen) atoms. The second-order valence-corrected chi connectivity index (χ2v) is 6.69. The fraction of sp³-hybridized carbons (Fsp3) is 0.167. The maximum absolute atomic E-state index is 12.1. The Balaban J connectivity index is 1.58. The summed E-state index contributed by atoms with van der Waals surface area (Å²) in [5.74, 6) is -0.441. The van der Waals surface area contributed by atoms with Crippen molar-refractivity contribution in [3.63, 3.8) is 0 Å². The number of thioether (sulfide) groups is 1. The lowest BCUT2D eigenvalue weighted by Gasteiger charge is -2.23. The molecule has 0 aromatic heterocycles. The van der Waals surface area contributed by atoms with Crippen molar-refractivity contribution >= 4 is 35.5 Å². The number of rotatable bonds is 4. The number of hydrogen-bond donors (Lipinski definition) is 2. The number of hydrogen-bond acceptors (Lipinski definition) is 4. The Kier molecular flexibility index (Phi) is 4.96. The summed E-state index contributed by atoms with van der Waals surface area (Å²) in [5, 5.41) is 6.35. The van der Waals surface area contributed by atoms with Crippen molar-refractivity contribution in [1.82, 2.24) is 5.43 Å². The van der Waals surface area contributed by atoms with Gasteiger partial charge in [-0.05, 0) is 30.2 Å². The lowest BCUT2D eigenvalue weighted by molar-refractivity contribution is -0.124. The van der Waals surface area contributed by atoms with E-state index in [1.54, 1.807) is 6.21 Å². The molecule has 0 bridgehead atoms. The highest BCUT2D eigenvalue weighted by molar-refractivity contribution is 8.01. The van der Waals surface area contributed by atoms with Crippen LogP contribution in [0.5, 0.6) is 0 Å². The van der Waals surface area contributed by atoms with Gasteiger partial charge in [-0.15, -0.1) is 11.8 Å². The van der Waals surface area contributed by atoms with Crippen LogP contribution in [-0.4, -0.2) is 23.3 Å². The van der Waals surface area contributed by atoms with Gasteiger partial charge in [0.05, 0.1) is 17.2 Å². The molecule has 2 amide bonds. The van der Waals surface area contributed by atoms with Gasteiger partial charge in [0, 0.05) is 11.3 Å². The monoisotopic (exact) mass is 339 g/mol. The Morgan fingerprint density at radius 1 is 1.25 bits per heavy atom. The molecule has 1 atom stereocenters. The van der Waals surface area contributed by atoms with Gasteiger partial charge >= 0.3 is 0 Å². The van der Waals surface area contributed by atoms with E-state index in [1.165, 1.54) is 11.8 Å². The number of nitrogens with zero attached hydrogens (tertiary/aromatic N) is 1. The summed E-state index contributed by atoms with van der Waals surface area (Å²) in [6.45, 7) is 1.98. The van der Waals surface area contributed by atoms with E-state index in [2.05, 4.69) is 15.8 Å². The molecule has 1 unspecified atom stereocenters. The molecule has 122 valence electrons. The molecule has 0 fully saturated rings. The van der Waals surface area contributed by atoms with Gasteiger partial charge < -0.3 is 5.32 Å². The third kappa shape index (κ3) is 3.83. The maximum Gasteiger partial charge on any atom is 0.241 e. The quantitative estimate of drug-likeness (QED) is 0.664. The van der Waals surface area contributed by atoms with Crippen molar-refractivity contribution < 1.29 is 9.59 Å². The van der Waals surface area contributed by atoms with Gasteiger partial charge in [0.25, 0.3) is 0 Å². The molecule has 2 aromatic rings. The lowest BCUT2D eigenvalue weighted by Crippen LogP contribution is -2.33. The number of para-hydroxylation sites is 1. The van der Waals surface area contributed by atoms with Gasteiger partial charge in [-0.3, -0.25) is 9.59 Å². The average molecular weight is 339 g/mol. The van der Waals surface area contributed by atoms with Gasteiger partial charge in [0.15, 0.2) is 0 Å². The average Bonchev–Trinajstić information content (AvgIpc) is 2.57. The summed E-state index contributed by atoms with van der Waals surface area (Å²) in [5.41, 5.74) is 5.30. The van der Waals surface area contributed by atoms with Gasteiger partial charge in [0.1, 0.15) is 0 Å². The van der Waals surface area contributed by atoms with Crippen LogP contribution < -0.4 is 10.7 Å². The molecule has 2 N–H and O–H groups in total. The minimum absolute atomic E-state index is 0.0793. The van der Waals surface area contributed by atoms with Crippen LogP contribution in [0.1, 0.15) is 17.5 Å². The number of anilines is 1. The molecule has 0 aliphatic carbocycles. The highest BCUT2D eigenvalue weighted by atomic mass is 32.2. The number of nitrogens with one attached hydrogen (secondary N) is 2. The van der Waals surface area contributed by atoms with Crippen molar-refractivity contribution in [2.24, 2.45) is 5.10 Å². The first-order valence-corrected chi connectivity index (χ1v) is 8.45. The Morgan fingerprint density at radius 3 is 2.83 bits per heavy atom. The topological polar surface area (TPSA) is 70.6 Å².